The van der Waals surface area contributed by atoms with Gasteiger partial charge in [0.1, 0.15) is 10.3 Å². The van der Waals surface area contributed by atoms with Crippen molar-refractivity contribution in [3.8, 4) is 10.4 Å². The number of piperidine rings is 1. The maximum absolute atomic E-state index is 13.2. The molecule has 37 heavy (non-hydrogen) atoms. The Bertz CT molecular complexity index is 1240. The van der Waals surface area contributed by atoms with Gasteiger partial charge in [-0.05, 0) is 76.2 Å². The van der Waals surface area contributed by atoms with Gasteiger partial charge < -0.3 is 14.7 Å². The van der Waals surface area contributed by atoms with Crippen LogP contribution in [0.1, 0.15) is 44.1 Å². The van der Waals surface area contributed by atoms with Crippen LogP contribution in [-0.4, -0.2) is 86.3 Å². The Kier molecular flexibility index (Phi) is 7.99. The number of aryl methyl sites for hydroxylation is 1. The summed E-state index contributed by atoms with van der Waals surface area (Å²) in [6.07, 6.45) is 5.52. The molecular formula is C27H36N4O4S2. The molecule has 10 heteroatoms. The fourth-order valence-corrected chi connectivity index (χ4v) is 8.28. The third-order valence-corrected chi connectivity index (χ3v) is 10.8. The molecule has 3 fully saturated rings. The van der Waals surface area contributed by atoms with Crippen molar-refractivity contribution in [1.29, 1.82) is 0 Å². The first-order chi connectivity index (χ1) is 17.8. The van der Waals surface area contributed by atoms with Gasteiger partial charge in [0.25, 0.3) is 10.0 Å². The third kappa shape index (κ3) is 6.08. The summed E-state index contributed by atoms with van der Waals surface area (Å²) in [6, 6.07) is 10.7. The highest BCUT2D eigenvalue weighted by molar-refractivity contribution is 7.91. The highest BCUT2D eigenvalue weighted by Gasteiger charge is 2.36. The monoisotopic (exact) mass is 544 g/mol. The van der Waals surface area contributed by atoms with E-state index in [0.717, 1.165) is 55.0 Å². The van der Waals surface area contributed by atoms with Crippen LogP contribution in [-0.2, 0) is 19.6 Å². The SMILES string of the molecule is Cc1cccc(-c2ccc(S(=O)(=O)N[C@H]3CCCN(CC(=O)N4CCC[C@H]4CN4CCCC4)C3=O)s2)c1. The standard InChI is InChI=1S/C27H36N4O4S2/c1-20-7-4-8-21(17-20)24-11-12-26(36-24)37(34,35)28-23-10-6-15-30(27(23)33)19-25(32)31-16-5-9-22(31)18-29-13-2-3-14-29/h4,7-8,11-12,17,22-23,28H,2-3,5-6,9-10,13-16,18-19H2,1H3/t22-,23-/m0/s1. The predicted molar refractivity (Wildman–Crippen MR) is 145 cm³/mol. The van der Waals surface area contributed by atoms with E-state index < -0.39 is 16.1 Å². The predicted octanol–water partition coefficient (Wildman–Crippen LogP) is 3.08. The van der Waals surface area contributed by atoms with E-state index >= 15 is 0 Å². The number of likely N-dealkylation sites (tertiary alicyclic amines) is 3. The summed E-state index contributed by atoms with van der Waals surface area (Å²) in [6.45, 7) is 6.33. The number of benzene rings is 1. The van der Waals surface area contributed by atoms with Crippen molar-refractivity contribution < 1.29 is 18.0 Å². The Morgan fingerprint density at radius 1 is 1.03 bits per heavy atom. The number of hydrogen-bond acceptors (Lipinski definition) is 6. The van der Waals surface area contributed by atoms with Gasteiger partial charge in [0.05, 0.1) is 6.54 Å². The number of carbonyl (C=O) groups is 2. The van der Waals surface area contributed by atoms with Crippen LogP contribution < -0.4 is 4.72 Å². The van der Waals surface area contributed by atoms with Crippen LogP contribution in [0.15, 0.2) is 40.6 Å². The Balaban J connectivity index is 1.21. The molecule has 0 unspecified atom stereocenters. The van der Waals surface area contributed by atoms with E-state index in [1.165, 1.54) is 29.1 Å². The molecule has 5 rings (SSSR count). The molecule has 3 aliphatic rings. The third-order valence-electron chi connectivity index (χ3n) is 7.67. The van der Waals surface area contributed by atoms with Crippen LogP contribution in [0.3, 0.4) is 0 Å². The molecule has 1 aromatic heterocycles. The fourth-order valence-electron chi connectivity index (χ4n) is 5.74. The maximum Gasteiger partial charge on any atom is 0.250 e. The Hall–Kier alpha value is -2.27. The first kappa shape index (κ1) is 26.3. The summed E-state index contributed by atoms with van der Waals surface area (Å²) < 4.78 is 29.1. The topological polar surface area (TPSA) is 90.0 Å². The maximum atomic E-state index is 13.2. The second kappa shape index (κ2) is 11.2. The molecule has 0 spiro atoms. The van der Waals surface area contributed by atoms with Crippen LogP contribution in [0.5, 0.6) is 0 Å². The van der Waals surface area contributed by atoms with Crippen molar-refractivity contribution in [1.82, 2.24) is 19.4 Å². The van der Waals surface area contributed by atoms with Crippen LogP contribution >= 0.6 is 11.3 Å². The van der Waals surface area contributed by atoms with Gasteiger partial charge in [-0.15, -0.1) is 11.3 Å². The quantitative estimate of drug-likeness (QED) is 0.552. The van der Waals surface area contributed by atoms with Crippen LogP contribution in [0, 0.1) is 6.92 Å². The zero-order valence-corrected chi connectivity index (χ0v) is 23.0. The van der Waals surface area contributed by atoms with Gasteiger partial charge in [-0.25, -0.2) is 8.42 Å². The van der Waals surface area contributed by atoms with Gasteiger partial charge in [0.15, 0.2) is 0 Å². The lowest BCUT2D eigenvalue weighted by Gasteiger charge is -2.34. The Labute approximate surface area is 223 Å². The van der Waals surface area contributed by atoms with E-state index in [-0.39, 0.29) is 28.6 Å². The highest BCUT2D eigenvalue weighted by Crippen LogP contribution is 2.31. The zero-order chi connectivity index (χ0) is 26.0. The molecular weight excluding hydrogens is 508 g/mol. The largest absolute Gasteiger partial charge is 0.337 e. The minimum atomic E-state index is -3.86. The van der Waals surface area contributed by atoms with Gasteiger partial charge in [-0.2, -0.15) is 4.72 Å². The molecule has 4 heterocycles. The Morgan fingerprint density at radius 3 is 2.59 bits per heavy atom. The molecule has 0 radical (unpaired) electrons. The van der Waals surface area contributed by atoms with E-state index in [9.17, 15) is 18.0 Å². The number of sulfonamides is 1. The highest BCUT2D eigenvalue weighted by atomic mass is 32.2. The lowest BCUT2D eigenvalue weighted by molar-refractivity contribution is -0.143. The van der Waals surface area contributed by atoms with Crippen LogP contribution in [0.2, 0.25) is 0 Å². The van der Waals surface area contributed by atoms with Gasteiger partial charge in [-0.1, -0.05) is 29.8 Å². The van der Waals surface area contributed by atoms with Crippen molar-refractivity contribution in [3.05, 3.63) is 42.0 Å². The number of thiophene rings is 1. The van der Waals surface area contributed by atoms with Crippen LogP contribution in [0.4, 0.5) is 0 Å². The van der Waals surface area contributed by atoms with Crippen LogP contribution in [0.25, 0.3) is 10.4 Å². The van der Waals surface area contributed by atoms with Gasteiger partial charge in [0.2, 0.25) is 11.8 Å². The van der Waals surface area contributed by atoms with Crippen molar-refractivity contribution >= 4 is 33.2 Å². The second-order valence-electron chi connectivity index (χ2n) is 10.5. The summed E-state index contributed by atoms with van der Waals surface area (Å²) in [5, 5.41) is 0. The fraction of sp³-hybridized carbons (Fsp3) is 0.556. The second-order valence-corrected chi connectivity index (χ2v) is 13.5. The van der Waals surface area contributed by atoms with E-state index in [1.54, 1.807) is 12.1 Å². The molecule has 2 atom stereocenters. The summed E-state index contributed by atoms with van der Waals surface area (Å²) in [4.78, 5) is 33.2. The first-order valence-electron chi connectivity index (χ1n) is 13.3. The first-order valence-corrected chi connectivity index (χ1v) is 15.6. The number of nitrogens with zero attached hydrogens (tertiary/aromatic N) is 3. The summed E-state index contributed by atoms with van der Waals surface area (Å²) in [5.41, 5.74) is 2.07. The van der Waals surface area contributed by atoms with E-state index in [1.807, 2.05) is 36.1 Å². The molecule has 0 aliphatic carbocycles. The molecule has 3 aliphatic heterocycles. The number of carbonyl (C=O) groups excluding carboxylic acids is 2. The van der Waals surface area contributed by atoms with E-state index in [0.29, 0.717) is 19.4 Å². The number of rotatable bonds is 8. The zero-order valence-electron chi connectivity index (χ0n) is 21.4. The van der Waals surface area contributed by atoms with Gasteiger partial charge in [-0.3, -0.25) is 9.59 Å². The summed E-state index contributed by atoms with van der Waals surface area (Å²) >= 11 is 1.19. The normalized spacial score (nSPS) is 23.2. The lowest BCUT2D eigenvalue weighted by atomic mass is 10.1. The lowest BCUT2D eigenvalue weighted by Crippen LogP contribution is -2.55. The molecule has 2 amide bonds. The average Bonchev–Trinajstić information content (AvgIpc) is 3.64. The molecule has 8 nitrogen and oxygen atoms in total. The smallest absolute Gasteiger partial charge is 0.250 e. The molecule has 3 saturated heterocycles. The van der Waals surface area contributed by atoms with Crippen molar-refractivity contribution in [3.63, 3.8) is 0 Å². The number of nitrogens with one attached hydrogen (secondary N) is 1. The Morgan fingerprint density at radius 2 is 1.81 bits per heavy atom. The molecule has 1 aromatic carbocycles. The van der Waals surface area contributed by atoms with Crippen molar-refractivity contribution in [2.45, 2.75) is 61.7 Å². The van der Waals surface area contributed by atoms with Crippen molar-refractivity contribution in [2.75, 3.05) is 39.3 Å². The minimum Gasteiger partial charge on any atom is -0.337 e. The number of hydrogen-bond donors (Lipinski definition) is 1. The minimum absolute atomic E-state index is 0.0179. The van der Waals surface area contributed by atoms with Gasteiger partial charge in [0, 0.05) is 30.6 Å². The molecule has 2 aromatic rings. The van der Waals surface area contributed by atoms with Crippen molar-refractivity contribution in [2.24, 2.45) is 0 Å². The molecule has 200 valence electrons. The van der Waals surface area contributed by atoms with E-state index in [4.69, 9.17) is 0 Å². The molecule has 0 bridgehead atoms. The molecule has 0 saturated carbocycles. The molecule has 1 N–H and O–H groups in total. The average molecular weight is 545 g/mol. The van der Waals surface area contributed by atoms with Gasteiger partial charge >= 0.3 is 0 Å². The van der Waals surface area contributed by atoms with E-state index in [2.05, 4.69) is 9.62 Å². The summed E-state index contributed by atoms with van der Waals surface area (Å²) in [7, 11) is -3.86. The summed E-state index contributed by atoms with van der Waals surface area (Å²) in [5.74, 6) is -0.339. The number of amides is 2.